The summed E-state index contributed by atoms with van der Waals surface area (Å²) in [5.41, 5.74) is 6.21. The van der Waals surface area contributed by atoms with Crippen molar-refractivity contribution in [2.45, 2.75) is 25.8 Å². The molecule has 2 N–H and O–H groups in total. The van der Waals surface area contributed by atoms with Crippen LogP contribution in [0.3, 0.4) is 0 Å². The maximum Gasteiger partial charge on any atom is 0.211 e. The van der Waals surface area contributed by atoms with E-state index in [-0.39, 0.29) is 5.54 Å². The quantitative estimate of drug-likeness (QED) is 0.735. The number of rotatable bonds is 4. The van der Waals surface area contributed by atoms with Crippen LogP contribution in [0.2, 0.25) is 0 Å². The third kappa shape index (κ3) is 2.73. The van der Waals surface area contributed by atoms with Crippen LogP contribution in [0.4, 0.5) is 0 Å². The van der Waals surface area contributed by atoms with Gasteiger partial charge in [0.25, 0.3) is 0 Å². The van der Waals surface area contributed by atoms with Crippen LogP contribution in [0.1, 0.15) is 20.3 Å². The molecule has 0 amide bonds. The minimum absolute atomic E-state index is 0.255. The number of nitrogens with zero attached hydrogens (tertiary/aromatic N) is 1. The highest BCUT2D eigenvalue weighted by Gasteiger charge is 2.30. The molecule has 1 heterocycles. The molecule has 80 valence electrons. The molecule has 0 aromatic rings. The predicted molar refractivity (Wildman–Crippen MR) is 56.2 cm³/mol. The molecule has 0 aromatic heterocycles. The highest BCUT2D eigenvalue weighted by molar-refractivity contribution is 5.89. The average molecular weight is 198 g/mol. The van der Waals surface area contributed by atoms with Crippen LogP contribution < -0.4 is 5.73 Å². The van der Waals surface area contributed by atoms with Crippen molar-refractivity contribution < 1.29 is 9.47 Å². The molecule has 1 atom stereocenters. The lowest BCUT2D eigenvalue weighted by atomic mass is 10.1. The van der Waals surface area contributed by atoms with Crippen molar-refractivity contribution in [3.63, 3.8) is 0 Å². The summed E-state index contributed by atoms with van der Waals surface area (Å²) in [6.07, 6.45) is 2.59. The van der Waals surface area contributed by atoms with Gasteiger partial charge in [0.2, 0.25) is 5.90 Å². The van der Waals surface area contributed by atoms with E-state index in [9.17, 15) is 0 Å². The van der Waals surface area contributed by atoms with E-state index in [0.29, 0.717) is 19.1 Å². The third-order valence-corrected chi connectivity index (χ3v) is 2.08. The minimum atomic E-state index is -0.255. The number of methoxy groups -OCH3 is 1. The first-order chi connectivity index (χ1) is 6.59. The summed E-state index contributed by atoms with van der Waals surface area (Å²) < 4.78 is 10.5. The molecule has 1 unspecified atom stereocenters. The molecule has 1 aliphatic heterocycles. The number of nitrogens with two attached hydrogens (primary N) is 1. The van der Waals surface area contributed by atoms with Gasteiger partial charge in [-0.05, 0) is 13.3 Å². The molecule has 0 spiro atoms. The van der Waals surface area contributed by atoms with E-state index >= 15 is 0 Å². The zero-order valence-corrected chi connectivity index (χ0v) is 9.04. The first kappa shape index (κ1) is 11.0. The fourth-order valence-corrected chi connectivity index (χ4v) is 1.28. The Morgan fingerprint density at radius 2 is 2.50 bits per heavy atom. The van der Waals surface area contributed by atoms with Gasteiger partial charge in [-0.1, -0.05) is 6.92 Å². The average Bonchev–Trinajstić information content (AvgIpc) is 2.48. The van der Waals surface area contributed by atoms with Gasteiger partial charge in [-0.2, -0.15) is 0 Å². The largest absolute Gasteiger partial charge is 0.475 e. The number of aliphatic imine (C=N–C) groups is 1. The Hall–Kier alpha value is -1.03. The lowest BCUT2D eigenvalue weighted by Crippen LogP contribution is -2.29. The summed E-state index contributed by atoms with van der Waals surface area (Å²) in [5.74, 6) is 0.615. The molecule has 4 nitrogen and oxygen atoms in total. The maximum atomic E-state index is 5.68. The van der Waals surface area contributed by atoms with E-state index in [0.717, 1.165) is 12.1 Å². The van der Waals surface area contributed by atoms with Gasteiger partial charge in [-0.3, -0.25) is 0 Å². The summed E-state index contributed by atoms with van der Waals surface area (Å²) >= 11 is 0. The first-order valence-corrected chi connectivity index (χ1v) is 4.77. The maximum absolute atomic E-state index is 5.68. The van der Waals surface area contributed by atoms with Gasteiger partial charge < -0.3 is 15.2 Å². The molecular weight excluding hydrogens is 180 g/mol. The van der Waals surface area contributed by atoms with Crippen LogP contribution in [-0.4, -0.2) is 31.8 Å². The van der Waals surface area contributed by atoms with Gasteiger partial charge in [-0.25, -0.2) is 4.99 Å². The monoisotopic (exact) mass is 198 g/mol. The molecule has 0 saturated heterocycles. The smallest absolute Gasteiger partial charge is 0.211 e. The van der Waals surface area contributed by atoms with E-state index in [1.807, 2.05) is 13.8 Å². The lowest BCUT2D eigenvalue weighted by molar-refractivity contribution is 0.121. The topological polar surface area (TPSA) is 56.8 Å². The van der Waals surface area contributed by atoms with E-state index in [2.05, 4.69) is 4.99 Å². The van der Waals surface area contributed by atoms with Gasteiger partial charge in [-0.15, -0.1) is 0 Å². The number of ether oxygens (including phenoxy) is 2. The number of hydrogen-bond acceptors (Lipinski definition) is 4. The van der Waals surface area contributed by atoms with Crippen molar-refractivity contribution >= 4 is 5.90 Å². The molecule has 4 heteroatoms. The van der Waals surface area contributed by atoms with Crippen molar-refractivity contribution in [3.8, 4) is 0 Å². The van der Waals surface area contributed by atoms with Crippen molar-refractivity contribution in [2.24, 2.45) is 10.7 Å². The molecule has 0 radical (unpaired) electrons. The number of allylic oxidation sites excluding steroid dienone is 1. The normalized spacial score (nSPS) is 27.4. The van der Waals surface area contributed by atoms with Crippen LogP contribution in [0.15, 0.2) is 16.8 Å². The lowest BCUT2D eigenvalue weighted by Gasteiger charge is -2.15. The standard InChI is InChI=1S/C10H18N2O2/c1-4-8(11)5-9-12-10(2,6-13-3)7-14-9/h5H,4,6-7,11H2,1-3H3/b8-5+. The van der Waals surface area contributed by atoms with Gasteiger partial charge in [0.15, 0.2) is 0 Å². The summed E-state index contributed by atoms with van der Waals surface area (Å²) in [6, 6.07) is 0. The second-order valence-corrected chi connectivity index (χ2v) is 3.74. The van der Waals surface area contributed by atoms with Crippen LogP contribution in [0.5, 0.6) is 0 Å². The molecule has 14 heavy (non-hydrogen) atoms. The Bertz CT molecular complexity index is 261. The zero-order chi connectivity index (χ0) is 10.6. The third-order valence-electron chi connectivity index (χ3n) is 2.08. The molecule has 0 aromatic carbocycles. The second-order valence-electron chi connectivity index (χ2n) is 3.74. The van der Waals surface area contributed by atoms with Crippen molar-refractivity contribution in [1.29, 1.82) is 0 Å². The predicted octanol–water partition coefficient (Wildman–Crippen LogP) is 1.07. The van der Waals surface area contributed by atoms with Crippen LogP contribution >= 0.6 is 0 Å². The molecule has 0 saturated carbocycles. The fraction of sp³-hybridized carbons (Fsp3) is 0.700. The molecule has 0 aliphatic carbocycles. The molecule has 1 rings (SSSR count). The van der Waals surface area contributed by atoms with Crippen molar-refractivity contribution in [1.82, 2.24) is 0 Å². The molecular formula is C10H18N2O2. The van der Waals surface area contributed by atoms with E-state index in [1.54, 1.807) is 13.2 Å². The molecule has 0 fully saturated rings. The van der Waals surface area contributed by atoms with Gasteiger partial charge >= 0.3 is 0 Å². The van der Waals surface area contributed by atoms with Crippen molar-refractivity contribution in [3.05, 3.63) is 11.8 Å². The van der Waals surface area contributed by atoms with Crippen molar-refractivity contribution in [2.75, 3.05) is 20.3 Å². The van der Waals surface area contributed by atoms with Gasteiger partial charge in [0, 0.05) is 18.9 Å². The Morgan fingerprint density at radius 3 is 3.07 bits per heavy atom. The first-order valence-electron chi connectivity index (χ1n) is 4.77. The minimum Gasteiger partial charge on any atom is -0.475 e. The molecule has 0 bridgehead atoms. The Morgan fingerprint density at radius 1 is 1.79 bits per heavy atom. The Balaban J connectivity index is 2.66. The van der Waals surface area contributed by atoms with E-state index in [1.165, 1.54) is 0 Å². The van der Waals surface area contributed by atoms with E-state index in [4.69, 9.17) is 15.2 Å². The SMILES string of the molecule is CC/C(N)=C\C1=NC(C)(COC)CO1. The number of hydrogen-bond donors (Lipinski definition) is 1. The summed E-state index contributed by atoms with van der Waals surface area (Å²) in [5, 5.41) is 0. The highest BCUT2D eigenvalue weighted by Crippen LogP contribution is 2.19. The van der Waals surface area contributed by atoms with E-state index < -0.39 is 0 Å². The Kier molecular flexibility index (Phi) is 3.52. The van der Waals surface area contributed by atoms with Gasteiger partial charge in [0.05, 0.1) is 6.61 Å². The summed E-state index contributed by atoms with van der Waals surface area (Å²) in [6.45, 7) is 5.12. The summed E-state index contributed by atoms with van der Waals surface area (Å²) in [7, 11) is 1.66. The van der Waals surface area contributed by atoms with Gasteiger partial charge in [0.1, 0.15) is 12.1 Å². The zero-order valence-electron chi connectivity index (χ0n) is 9.04. The van der Waals surface area contributed by atoms with Crippen LogP contribution in [0, 0.1) is 0 Å². The Labute approximate surface area is 84.8 Å². The fourth-order valence-electron chi connectivity index (χ4n) is 1.28. The summed E-state index contributed by atoms with van der Waals surface area (Å²) in [4.78, 5) is 4.41. The second kappa shape index (κ2) is 4.46. The molecule has 1 aliphatic rings. The van der Waals surface area contributed by atoms with Crippen LogP contribution in [0.25, 0.3) is 0 Å². The highest BCUT2D eigenvalue weighted by atomic mass is 16.5. The van der Waals surface area contributed by atoms with Crippen LogP contribution in [-0.2, 0) is 9.47 Å².